The number of nitrogens with one attached hydrogen (secondary N) is 1. The highest BCUT2D eigenvalue weighted by Gasteiger charge is 2.09. The number of rotatable bonds is 3. The molecule has 5 heteroatoms. The van der Waals surface area contributed by atoms with Crippen LogP contribution in [0.3, 0.4) is 0 Å². The summed E-state index contributed by atoms with van der Waals surface area (Å²) >= 11 is 0. The molecule has 0 aliphatic heterocycles. The molecule has 2 heterocycles. The molecular formula is C18H18N4O. The van der Waals surface area contributed by atoms with Crippen molar-refractivity contribution in [2.75, 3.05) is 5.73 Å². The summed E-state index contributed by atoms with van der Waals surface area (Å²) in [5, 5.41) is 0. The number of H-pyrrole nitrogens is 1. The predicted octanol–water partition coefficient (Wildman–Crippen LogP) is 3.20. The van der Waals surface area contributed by atoms with Gasteiger partial charge in [0.2, 0.25) is 0 Å². The van der Waals surface area contributed by atoms with E-state index in [1.54, 1.807) is 24.5 Å². The van der Waals surface area contributed by atoms with Gasteiger partial charge in [-0.3, -0.25) is 9.78 Å². The Morgan fingerprint density at radius 3 is 2.43 bits per heavy atom. The third kappa shape index (κ3) is 3.13. The lowest BCUT2D eigenvalue weighted by Gasteiger charge is -2.11. The summed E-state index contributed by atoms with van der Waals surface area (Å²) in [6, 6.07) is 10.9. The summed E-state index contributed by atoms with van der Waals surface area (Å²) < 4.78 is 0. The topological polar surface area (TPSA) is 84.7 Å². The first kappa shape index (κ1) is 15.0. The third-order valence-corrected chi connectivity index (χ3v) is 3.70. The number of nitrogens with two attached hydrogens (primary N) is 1. The Kier molecular flexibility index (Phi) is 3.93. The van der Waals surface area contributed by atoms with Crippen molar-refractivity contribution in [1.82, 2.24) is 15.0 Å². The highest BCUT2D eigenvalue weighted by Crippen LogP contribution is 2.27. The number of anilines is 1. The lowest BCUT2D eigenvalue weighted by Crippen LogP contribution is -2.09. The van der Waals surface area contributed by atoms with Crippen LogP contribution in [0.15, 0.2) is 53.6 Å². The SMILES string of the molecule is CC(C)c1ccc(-c2cc(=O)[nH]c(-c3ccncc3)n2)cc1N. The molecule has 0 atom stereocenters. The Bertz CT molecular complexity index is 885. The Hall–Kier alpha value is -2.95. The first-order valence-corrected chi connectivity index (χ1v) is 7.46. The number of hydrogen-bond donors (Lipinski definition) is 2. The van der Waals surface area contributed by atoms with Crippen molar-refractivity contribution in [3.63, 3.8) is 0 Å². The van der Waals surface area contributed by atoms with Crippen molar-refractivity contribution in [3.05, 3.63) is 64.7 Å². The molecule has 0 unspecified atom stereocenters. The van der Waals surface area contributed by atoms with E-state index in [-0.39, 0.29) is 5.56 Å². The number of aromatic nitrogens is 3. The van der Waals surface area contributed by atoms with Gasteiger partial charge >= 0.3 is 0 Å². The largest absolute Gasteiger partial charge is 0.398 e. The van der Waals surface area contributed by atoms with Crippen LogP contribution in [0.25, 0.3) is 22.6 Å². The maximum Gasteiger partial charge on any atom is 0.251 e. The zero-order valence-electron chi connectivity index (χ0n) is 13.1. The van der Waals surface area contributed by atoms with E-state index in [1.165, 1.54) is 6.07 Å². The van der Waals surface area contributed by atoms with Crippen molar-refractivity contribution in [2.45, 2.75) is 19.8 Å². The van der Waals surface area contributed by atoms with Gasteiger partial charge in [-0.05, 0) is 29.7 Å². The second-order valence-electron chi connectivity index (χ2n) is 5.71. The van der Waals surface area contributed by atoms with Gasteiger partial charge in [-0.25, -0.2) is 4.98 Å². The Labute approximate surface area is 134 Å². The molecule has 2 aromatic heterocycles. The van der Waals surface area contributed by atoms with E-state index in [2.05, 4.69) is 28.8 Å². The van der Waals surface area contributed by atoms with Crippen LogP contribution >= 0.6 is 0 Å². The smallest absolute Gasteiger partial charge is 0.251 e. The molecule has 0 radical (unpaired) electrons. The number of aromatic amines is 1. The Morgan fingerprint density at radius 1 is 1.04 bits per heavy atom. The highest BCUT2D eigenvalue weighted by molar-refractivity contribution is 5.68. The molecule has 0 aliphatic carbocycles. The van der Waals surface area contributed by atoms with E-state index in [1.807, 2.05) is 18.2 Å². The number of nitrogens with zero attached hydrogens (tertiary/aromatic N) is 2. The first-order chi connectivity index (χ1) is 11.0. The second kappa shape index (κ2) is 6.04. The summed E-state index contributed by atoms with van der Waals surface area (Å²) in [6.07, 6.45) is 3.33. The maximum atomic E-state index is 12.0. The highest BCUT2D eigenvalue weighted by atomic mass is 16.1. The van der Waals surface area contributed by atoms with Crippen molar-refractivity contribution in [1.29, 1.82) is 0 Å². The van der Waals surface area contributed by atoms with Crippen molar-refractivity contribution < 1.29 is 0 Å². The molecular weight excluding hydrogens is 288 g/mol. The Balaban J connectivity index is 2.09. The van der Waals surface area contributed by atoms with E-state index in [0.29, 0.717) is 23.1 Å². The number of pyridine rings is 1. The predicted molar refractivity (Wildman–Crippen MR) is 92.0 cm³/mol. The average molecular weight is 306 g/mol. The van der Waals surface area contributed by atoms with Crippen molar-refractivity contribution in [2.24, 2.45) is 0 Å². The molecule has 1 aromatic carbocycles. The van der Waals surface area contributed by atoms with Crippen LogP contribution in [-0.2, 0) is 0 Å². The van der Waals surface area contributed by atoms with E-state index in [9.17, 15) is 4.79 Å². The second-order valence-corrected chi connectivity index (χ2v) is 5.71. The number of hydrogen-bond acceptors (Lipinski definition) is 4. The first-order valence-electron chi connectivity index (χ1n) is 7.46. The summed E-state index contributed by atoms with van der Waals surface area (Å²) in [4.78, 5) is 23.3. The molecule has 0 amide bonds. The summed E-state index contributed by atoms with van der Waals surface area (Å²) in [7, 11) is 0. The standard InChI is InChI=1S/C18H18N4O/c1-11(2)14-4-3-13(9-15(14)19)16-10-17(23)22-18(21-16)12-5-7-20-8-6-12/h3-11H,19H2,1-2H3,(H,21,22,23). The van der Waals surface area contributed by atoms with Gasteiger partial charge in [0.05, 0.1) is 5.69 Å². The van der Waals surface area contributed by atoms with Crippen LogP contribution in [0.1, 0.15) is 25.3 Å². The lowest BCUT2D eigenvalue weighted by atomic mass is 9.98. The summed E-state index contributed by atoms with van der Waals surface area (Å²) in [5.74, 6) is 0.866. The molecule has 0 spiro atoms. The fraction of sp³-hybridized carbons (Fsp3) is 0.167. The van der Waals surface area contributed by atoms with E-state index in [0.717, 1.165) is 16.7 Å². The zero-order chi connectivity index (χ0) is 16.4. The van der Waals surface area contributed by atoms with Crippen LogP contribution in [0, 0.1) is 0 Å². The minimum absolute atomic E-state index is 0.201. The van der Waals surface area contributed by atoms with E-state index >= 15 is 0 Å². The maximum absolute atomic E-state index is 12.0. The molecule has 0 aliphatic rings. The number of benzene rings is 1. The van der Waals surface area contributed by atoms with E-state index in [4.69, 9.17) is 5.73 Å². The third-order valence-electron chi connectivity index (χ3n) is 3.70. The molecule has 23 heavy (non-hydrogen) atoms. The fourth-order valence-corrected chi connectivity index (χ4v) is 2.51. The van der Waals surface area contributed by atoms with E-state index < -0.39 is 0 Å². The molecule has 5 nitrogen and oxygen atoms in total. The summed E-state index contributed by atoms with van der Waals surface area (Å²) in [6.45, 7) is 4.19. The van der Waals surface area contributed by atoms with Gasteiger partial charge in [-0.1, -0.05) is 26.0 Å². The minimum atomic E-state index is -0.201. The lowest BCUT2D eigenvalue weighted by molar-refractivity contribution is 0.870. The van der Waals surface area contributed by atoms with Crippen LogP contribution in [-0.4, -0.2) is 15.0 Å². The monoisotopic (exact) mass is 306 g/mol. The molecule has 0 saturated carbocycles. The van der Waals surface area contributed by atoms with Gasteiger partial charge in [0, 0.05) is 35.3 Å². The molecule has 3 aromatic rings. The zero-order valence-corrected chi connectivity index (χ0v) is 13.1. The Morgan fingerprint density at radius 2 is 1.78 bits per heavy atom. The van der Waals surface area contributed by atoms with Crippen molar-refractivity contribution >= 4 is 5.69 Å². The molecule has 3 rings (SSSR count). The summed E-state index contributed by atoms with van der Waals surface area (Å²) in [5.41, 5.74) is 9.97. The molecule has 0 bridgehead atoms. The molecule has 3 N–H and O–H groups in total. The van der Waals surface area contributed by atoms with Crippen LogP contribution < -0.4 is 11.3 Å². The molecule has 0 fully saturated rings. The van der Waals surface area contributed by atoms with Crippen LogP contribution in [0.4, 0.5) is 5.69 Å². The van der Waals surface area contributed by atoms with Gasteiger partial charge in [-0.2, -0.15) is 0 Å². The normalized spacial score (nSPS) is 10.9. The van der Waals surface area contributed by atoms with Gasteiger partial charge in [0.1, 0.15) is 5.82 Å². The van der Waals surface area contributed by atoms with Gasteiger partial charge in [0.15, 0.2) is 0 Å². The number of nitrogen functional groups attached to an aromatic ring is 1. The molecule has 0 saturated heterocycles. The molecule has 116 valence electrons. The minimum Gasteiger partial charge on any atom is -0.398 e. The van der Waals surface area contributed by atoms with Crippen LogP contribution in [0.2, 0.25) is 0 Å². The van der Waals surface area contributed by atoms with Crippen LogP contribution in [0.5, 0.6) is 0 Å². The van der Waals surface area contributed by atoms with Gasteiger partial charge < -0.3 is 10.7 Å². The quantitative estimate of drug-likeness (QED) is 0.728. The van der Waals surface area contributed by atoms with Gasteiger partial charge in [-0.15, -0.1) is 0 Å². The van der Waals surface area contributed by atoms with Crippen molar-refractivity contribution in [3.8, 4) is 22.6 Å². The fourth-order valence-electron chi connectivity index (χ4n) is 2.51. The van der Waals surface area contributed by atoms with Gasteiger partial charge in [0.25, 0.3) is 5.56 Å². The average Bonchev–Trinajstić information content (AvgIpc) is 2.54.